The number of benzene rings is 1. The second-order valence-corrected chi connectivity index (χ2v) is 6.03. The summed E-state index contributed by atoms with van der Waals surface area (Å²) in [7, 11) is 0. The highest BCUT2D eigenvalue weighted by Gasteiger charge is 2.26. The van der Waals surface area contributed by atoms with Crippen molar-refractivity contribution in [1.82, 2.24) is 0 Å². The Morgan fingerprint density at radius 3 is 2.74 bits per heavy atom. The molecule has 3 N–H and O–H groups in total. The first-order valence-corrected chi connectivity index (χ1v) is 6.82. The van der Waals surface area contributed by atoms with Crippen LogP contribution in [0.3, 0.4) is 0 Å². The molecule has 1 aromatic carbocycles. The van der Waals surface area contributed by atoms with E-state index in [0.29, 0.717) is 13.0 Å². The van der Waals surface area contributed by atoms with Crippen LogP contribution in [0.1, 0.15) is 32.8 Å². The number of nitrogens with two attached hydrogens (primary N) is 1. The van der Waals surface area contributed by atoms with Crippen LogP contribution in [-0.2, 0) is 10.2 Å². The lowest BCUT2D eigenvalue weighted by atomic mass is 9.85. The van der Waals surface area contributed by atoms with Gasteiger partial charge in [-0.05, 0) is 17.0 Å². The third-order valence-corrected chi connectivity index (χ3v) is 3.44. The van der Waals surface area contributed by atoms with Crippen molar-refractivity contribution >= 4 is 17.3 Å². The molecule has 1 aliphatic heterocycles. The van der Waals surface area contributed by atoms with Crippen molar-refractivity contribution in [2.75, 3.05) is 29.9 Å². The van der Waals surface area contributed by atoms with Crippen molar-refractivity contribution in [2.45, 2.75) is 32.6 Å². The summed E-state index contributed by atoms with van der Waals surface area (Å²) in [6, 6.07) is 6.11. The van der Waals surface area contributed by atoms with Gasteiger partial charge in [-0.2, -0.15) is 0 Å². The molecule has 1 amide bonds. The molecule has 4 nitrogen and oxygen atoms in total. The Balaban J connectivity index is 2.56. The van der Waals surface area contributed by atoms with Crippen LogP contribution in [-0.4, -0.2) is 25.5 Å². The van der Waals surface area contributed by atoms with Crippen LogP contribution in [0.15, 0.2) is 18.2 Å². The minimum Gasteiger partial charge on any atom is -0.368 e. The number of anilines is 2. The smallest absolute Gasteiger partial charge is 0.226 e. The van der Waals surface area contributed by atoms with Gasteiger partial charge in [-0.25, -0.2) is 0 Å². The molecule has 0 fully saturated rings. The molecular weight excluding hydrogens is 238 g/mol. The Hall–Kier alpha value is -1.55. The molecule has 0 saturated heterocycles. The summed E-state index contributed by atoms with van der Waals surface area (Å²) in [6.45, 7) is 8.66. The van der Waals surface area contributed by atoms with Crippen LogP contribution < -0.4 is 16.0 Å². The summed E-state index contributed by atoms with van der Waals surface area (Å²) in [6.07, 6.45) is 0.512. The predicted molar refractivity (Wildman–Crippen MR) is 79.7 cm³/mol. The maximum Gasteiger partial charge on any atom is 0.226 e. The Labute approximate surface area is 115 Å². The molecular formula is C15H23N3O. The third kappa shape index (κ3) is 2.89. The molecule has 2 rings (SSSR count). The molecule has 0 radical (unpaired) electrons. The van der Waals surface area contributed by atoms with Gasteiger partial charge >= 0.3 is 0 Å². The molecule has 0 spiro atoms. The average molecular weight is 261 g/mol. The van der Waals surface area contributed by atoms with Gasteiger partial charge in [0.15, 0.2) is 0 Å². The van der Waals surface area contributed by atoms with Gasteiger partial charge in [0.25, 0.3) is 0 Å². The summed E-state index contributed by atoms with van der Waals surface area (Å²) in [5.41, 5.74) is 9.04. The minimum absolute atomic E-state index is 0.0350. The number of amides is 1. The second-order valence-electron chi connectivity index (χ2n) is 6.03. The highest BCUT2D eigenvalue weighted by molar-refractivity contribution is 5.97. The topological polar surface area (TPSA) is 58.4 Å². The maximum absolute atomic E-state index is 11.8. The number of nitrogens with zero attached hydrogens (tertiary/aromatic N) is 1. The molecule has 19 heavy (non-hydrogen) atoms. The molecule has 0 unspecified atom stereocenters. The van der Waals surface area contributed by atoms with Crippen LogP contribution in [0, 0.1) is 0 Å². The van der Waals surface area contributed by atoms with E-state index in [1.54, 1.807) is 0 Å². The van der Waals surface area contributed by atoms with E-state index < -0.39 is 0 Å². The molecule has 0 aromatic heterocycles. The number of carbonyl (C=O) groups excluding carboxylic acids is 1. The standard InChI is InChI=1S/C15H23N3O/c1-15(2,3)11-5-4-6-12-14(11)18(10-8-16)9-7-13(19)17-12/h4-6H,7-10,16H2,1-3H3,(H,17,19). The van der Waals surface area contributed by atoms with Crippen molar-refractivity contribution < 1.29 is 4.79 Å². The number of rotatable bonds is 2. The number of hydrogen-bond donors (Lipinski definition) is 2. The number of para-hydroxylation sites is 1. The van der Waals surface area contributed by atoms with E-state index >= 15 is 0 Å². The molecule has 1 heterocycles. The Morgan fingerprint density at radius 2 is 2.11 bits per heavy atom. The van der Waals surface area contributed by atoms with Gasteiger partial charge in [-0.1, -0.05) is 32.9 Å². The number of fused-ring (bicyclic) bond motifs is 1. The lowest BCUT2D eigenvalue weighted by molar-refractivity contribution is -0.115. The van der Waals surface area contributed by atoms with Gasteiger partial charge in [-0.3, -0.25) is 4.79 Å². The predicted octanol–water partition coefficient (Wildman–Crippen LogP) is 2.09. The minimum atomic E-state index is 0.0350. The van der Waals surface area contributed by atoms with E-state index in [2.05, 4.69) is 37.1 Å². The molecule has 1 aliphatic rings. The van der Waals surface area contributed by atoms with Crippen molar-refractivity contribution in [2.24, 2.45) is 5.73 Å². The Kier molecular flexibility index (Phi) is 3.80. The summed E-state index contributed by atoms with van der Waals surface area (Å²) in [4.78, 5) is 14.0. The van der Waals surface area contributed by atoms with Crippen LogP contribution in [0.25, 0.3) is 0 Å². The van der Waals surface area contributed by atoms with Crippen molar-refractivity contribution in [3.05, 3.63) is 23.8 Å². The largest absolute Gasteiger partial charge is 0.368 e. The van der Waals surface area contributed by atoms with E-state index in [1.807, 2.05) is 12.1 Å². The van der Waals surface area contributed by atoms with Crippen LogP contribution >= 0.6 is 0 Å². The van der Waals surface area contributed by atoms with Gasteiger partial charge in [0.1, 0.15) is 0 Å². The van der Waals surface area contributed by atoms with Crippen molar-refractivity contribution in [3.63, 3.8) is 0 Å². The monoisotopic (exact) mass is 261 g/mol. The quantitative estimate of drug-likeness (QED) is 0.857. The lowest BCUT2D eigenvalue weighted by Gasteiger charge is -2.31. The zero-order valence-corrected chi connectivity index (χ0v) is 12.0. The second kappa shape index (κ2) is 5.21. The van der Waals surface area contributed by atoms with Crippen LogP contribution in [0.4, 0.5) is 11.4 Å². The first kappa shape index (κ1) is 13.9. The molecule has 1 aromatic rings. The highest BCUT2D eigenvalue weighted by Crippen LogP contribution is 2.38. The summed E-state index contributed by atoms with van der Waals surface area (Å²) >= 11 is 0. The van der Waals surface area contributed by atoms with Gasteiger partial charge < -0.3 is 16.0 Å². The van der Waals surface area contributed by atoms with Crippen molar-refractivity contribution in [3.8, 4) is 0 Å². The van der Waals surface area contributed by atoms with Crippen LogP contribution in [0.2, 0.25) is 0 Å². The zero-order chi connectivity index (χ0) is 14.0. The third-order valence-electron chi connectivity index (χ3n) is 3.44. The fraction of sp³-hybridized carbons (Fsp3) is 0.533. The number of carbonyl (C=O) groups is 1. The van der Waals surface area contributed by atoms with E-state index in [0.717, 1.165) is 24.5 Å². The zero-order valence-electron chi connectivity index (χ0n) is 12.0. The van der Waals surface area contributed by atoms with Gasteiger partial charge in [-0.15, -0.1) is 0 Å². The normalized spacial score (nSPS) is 15.8. The summed E-state index contributed by atoms with van der Waals surface area (Å²) in [5.74, 6) is 0.0758. The van der Waals surface area contributed by atoms with E-state index in [9.17, 15) is 4.79 Å². The fourth-order valence-electron chi connectivity index (χ4n) is 2.53. The lowest BCUT2D eigenvalue weighted by Crippen LogP contribution is -2.32. The SMILES string of the molecule is CC(C)(C)c1cccc2c1N(CCN)CCC(=O)N2. The Morgan fingerprint density at radius 1 is 1.37 bits per heavy atom. The molecule has 0 saturated carbocycles. The fourth-order valence-corrected chi connectivity index (χ4v) is 2.53. The first-order chi connectivity index (χ1) is 8.93. The van der Waals surface area contributed by atoms with Crippen molar-refractivity contribution in [1.29, 1.82) is 0 Å². The first-order valence-electron chi connectivity index (χ1n) is 6.82. The Bertz CT molecular complexity index is 477. The molecule has 0 bridgehead atoms. The van der Waals surface area contributed by atoms with E-state index in [4.69, 9.17) is 5.73 Å². The van der Waals surface area contributed by atoms with E-state index in [1.165, 1.54) is 5.56 Å². The number of hydrogen-bond acceptors (Lipinski definition) is 3. The van der Waals surface area contributed by atoms with Gasteiger partial charge in [0.2, 0.25) is 5.91 Å². The van der Waals surface area contributed by atoms with E-state index in [-0.39, 0.29) is 11.3 Å². The maximum atomic E-state index is 11.8. The molecule has 104 valence electrons. The highest BCUT2D eigenvalue weighted by atomic mass is 16.1. The molecule has 0 aliphatic carbocycles. The van der Waals surface area contributed by atoms with Crippen LogP contribution in [0.5, 0.6) is 0 Å². The summed E-state index contributed by atoms with van der Waals surface area (Å²) < 4.78 is 0. The molecule has 4 heteroatoms. The number of nitrogens with one attached hydrogen (secondary N) is 1. The van der Waals surface area contributed by atoms with Gasteiger partial charge in [0, 0.05) is 26.1 Å². The summed E-state index contributed by atoms with van der Waals surface area (Å²) in [5, 5.41) is 3.00. The molecule has 0 atom stereocenters. The van der Waals surface area contributed by atoms with Gasteiger partial charge in [0.05, 0.1) is 11.4 Å². The average Bonchev–Trinajstić information content (AvgIpc) is 2.48.